The van der Waals surface area contributed by atoms with E-state index in [9.17, 15) is 14.0 Å². The average molecular weight is 279 g/mol. The van der Waals surface area contributed by atoms with Crippen LogP contribution in [-0.4, -0.2) is 54.3 Å². The van der Waals surface area contributed by atoms with E-state index in [1.165, 1.54) is 31.2 Å². The van der Waals surface area contributed by atoms with Crippen LogP contribution in [-0.2, 0) is 9.59 Å². The molecule has 2 amide bonds. The first-order valence-corrected chi connectivity index (χ1v) is 6.49. The second kappa shape index (κ2) is 6.00. The maximum Gasteiger partial charge on any atom is 0.248 e. The van der Waals surface area contributed by atoms with Gasteiger partial charge in [-0.05, 0) is 31.3 Å². The van der Waals surface area contributed by atoms with Gasteiger partial charge in [-0.2, -0.15) is 0 Å². The van der Waals surface area contributed by atoms with Crippen molar-refractivity contribution >= 4 is 17.5 Å². The first kappa shape index (κ1) is 14.5. The number of hydrogen-bond donors (Lipinski definition) is 1. The van der Waals surface area contributed by atoms with E-state index < -0.39 is 6.04 Å². The van der Waals surface area contributed by atoms with Crippen LogP contribution >= 0.6 is 0 Å². The molecular formula is C14H18FN3O2. The van der Waals surface area contributed by atoms with Crippen molar-refractivity contribution in [2.45, 2.75) is 13.0 Å². The van der Waals surface area contributed by atoms with Gasteiger partial charge >= 0.3 is 0 Å². The minimum absolute atomic E-state index is 0.114. The van der Waals surface area contributed by atoms with Crippen LogP contribution in [0.2, 0.25) is 0 Å². The van der Waals surface area contributed by atoms with Crippen LogP contribution in [0, 0.1) is 5.82 Å². The van der Waals surface area contributed by atoms with E-state index in [0.29, 0.717) is 18.8 Å². The Hall–Kier alpha value is -1.95. The van der Waals surface area contributed by atoms with E-state index in [0.717, 1.165) is 6.54 Å². The molecule has 1 heterocycles. The van der Waals surface area contributed by atoms with Gasteiger partial charge in [0.25, 0.3) is 0 Å². The Morgan fingerprint density at radius 2 is 1.90 bits per heavy atom. The van der Waals surface area contributed by atoms with E-state index in [1.807, 2.05) is 11.9 Å². The molecule has 1 fully saturated rings. The van der Waals surface area contributed by atoms with Crippen molar-refractivity contribution in [1.29, 1.82) is 0 Å². The van der Waals surface area contributed by atoms with E-state index in [4.69, 9.17) is 0 Å². The third-order valence-electron chi connectivity index (χ3n) is 3.40. The zero-order valence-electron chi connectivity index (χ0n) is 11.6. The number of piperazine rings is 1. The molecule has 20 heavy (non-hydrogen) atoms. The molecule has 1 saturated heterocycles. The molecule has 1 unspecified atom stereocenters. The van der Waals surface area contributed by atoms with Crippen LogP contribution in [0.3, 0.4) is 0 Å². The number of halogens is 1. The number of amides is 2. The van der Waals surface area contributed by atoms with Crippen molar-refractivity contribution in [3.05, 3.63) is 30.1 Å². The highest BCUT2D eigenvalue weighted by Crippen LogP contribution is 2.13. The summed E-state index contributed by atoms with van der Waals surface area (Å²) in [6.45, 7) is 3.24. The van der Waals surface area contributed by atoms with E-state index >= 15 is 0 Å². The fraction of sp³-hybridized carbons (Fsp3) is 0.429. The molecule has 108 valence electrons. The monoisotopic (exact) mass is 279 g/mol. The summed E-state index contributed by atoms with van der Waals surface area (Å²) in [6, 6.07) is 5.04. The van der Waals surface area contributed by atoms with Gasteiger partial charge in [0.2, 0.25) is 11.8 Å². The molecule has 5 nitrogen and oxygen atoms in total. The molecule has 0 bridgehead atoms. The van der Waals surface area contributed by atoms with Crippen molar-refractivity contribution in [3.63, 3.8) is 0 Å². The van der Waals surface area contributed by atoms with Crippen LogP contribution in [0.25, 0.3) is 0 Å². The average Bonchev–Trinajstić information content (AvgIpc) is 2.41. The fourth-order valence-corrected chi connectivity index (χ4v) is 2.28. The van der Waals surface area contributed by atoms with Crippen molar-refractivity contribution < 1.29 is 14.0 Å². The lowest BCUT2D eigenvalue weighted by molar-refractivity contribution is -0.139. The smallest absolute Gasteiger partial charge is 0.248 e. The normalized spacial score (nSPS) is 19.8. The van der Waals surface area contributed by atoms with Crippen LogP contribution in [0.15, 0.2) is 24.3 Å². The summed E-state index contributed by atoms with van der Waals surface area (Å²) in [5.74, 6) is -0.721. The predicted molar refractivity (Wildman–Crippen MR) is 73.7 cm³/mol. The number of carbonyl (C=O) groups excluding carboxylic acids is 2. The summed E-state index contributed by atoms with van der Waals surface area (Å²) < 4.78 is 12.8. The van der Waals surface area contributed by atoms with Gasteiger partial charge in [-0.15, -0.1) is 0 Å². The minimum atomic E-state index is -0.517. The highest BCUT2D eigenvalue weighted by molar-refractivity contribution is 5.97. The zero-order chi connectivity index (χ0) is 14.7. The Bertz CT molecular complexity index is 504. The second-order valence-corrected chi connectivity index (χ2v) is 4.99. The Kier molecular flexibility index (Phi) is 4.34. The van der Waals surface area contributed by atoms with Gasteiger partial charge < -0.3 is 15.1 Å². The summed E-state index contributed by atoms with van der Waals surface area (Å²) >= 11 is 0. The molecule has 1 aromatic carbocycles. The summed E-state index contributed by atoms with van der Waals surface area (Å²) in [7, 11) is 1.91. The molecule has 2 rings (SSSR count). The number of anilines is 1. The van der Waals surface area contributed by atoms with Gasteiger partial charge in [0.1, 0.15) is 11.9 Å². The van der Waals surface area contributed by atoms with Crippen LogP contribution in [0.5, 0.6) is 0 Å². The zero-order valence-corrected chi connectivity index (χ0v) is 11.6. The fourth-order valence-electron chi connectivity index (χ4n) is 2.28. The summed E-state index contributed by atoms with van der Waals surface area (Å²) in [5, 5.41) is 2.72. The van der Waals surface area contributed by atoms with Crippen LogP contribution in [0.1, 0.15) is 6.92 Å². The van der Waals surface area contributed by atoms with Crippen molar-refractivity contribution in [1.82, 2.24) is 9.80 Å². The summed E-state index contributed by atoms with van der Waals surface area (Å²) in [5.41, 5.74) is 0.521. The highest BCUT2D eigenvalue weighted by Gasteiger charge is 2.32. The molecule has 1 aromatic rings. The molecule has 6 heteroatoms. The van der Waals surface area contributed by atoms with Crippen molar-refractivity contribution in [3.8, 4) is 0 Å². The molecular weight excluding hydrogens is 261 g/mol. The molecule has 1 atom stereocenters. The molecule has 0 spiro atoms. The minimum Gasteiger partial charge on any atom is -0.328 e. The standard InChI is InChI=1S/C14H18FN3O2/c1-10(19)18-8-7-17(2)9-13(18)14(20)16-12-5-3-11(15)4-6-12/h3-6,13H,7-9H2,1-2H3,(H,16,20). The van der Waals surface area contributed by atoms with Gasteiger partial charge in [-0.3, -0.25) is 9.59 Å². The number of rotatable bonds is 2. The summed E-state index contributed by atoms with van der Waals surface area (Å²) in [6.07, 6.45) is 0. The first-order chi connectivity index (χ1) is 9.47. The number of nitrogens with zero attached hydrogens (tertiary/aromatic N) is 2. The quantitative estimate of drug-likeness (QED) is 0.876. The van der Waals surface area contributed by atoms with E-state index in [1.54, 1.807) is 4.90 Å². The van der Waals surface area contributed by atoms with Crippen molar-refractivity contribution in [2.75, 3.05) is 32.0 Å². The molecule has 0 aliphatic carbocycles. The van der Waals surface area contributed by atoms with Crippen molar-refractivity contribution in [2.24, 2.45) is 0 Å². The number of benzene rings is 1. The molecule has 0 radical (unpaired) electrons. The largest absolute Gasteiger partial charge is 0.328 e. The number of hydrogen-bond acceptors (Lipinski definition) is 3. The lowest BCUT2D eigenvalue weighted by Crippen LogP contribution is -2.58. The molecule has 1 aliphatic rings. The van der Waals surface area contributed by atoms with Gasteiger partial charge in [0, 0.05) is 32.2 Å². The van der Waals surface area contributed by atoms with E-state index in [2.05, 4.69) is 5.32 Å². The SMILES string of the molecule is CC(=O)N1CCN(C)CC1C(=O)Nc1ccc(F)cc1. The topological polar surface area (TPSA) is 52.7 Å². The lowest BCUT2D eigenvalue weighted by atomic mass is 10.1. The Morgan fingerprint density at radius 3 is 2.50 bits per heavy atom. The van der Waals surface area contributed by atoms with E-state index in [-0.39, 0.29) is 17.6 Å². The number of nitrogens with one attached hydrogen (secondary N) is 1. The number of likely N-dealkylation sites (N-methyl/N-ethyl adjacent to an activating group) is 1. The maximum absolute atomic E-state index is 12.8. The Morgan fingerprint density at radius 1 is 1.25 bits per heavy atom. The Labute approximate surface area is 117 Å². The maximum atomic E-state index is 12.8. The van der Waals surface area contributed by atoms with Crippen LogP contribution < -0.4 is 5.32 Å². The second-order valence-electron chi connectivity index (χ2n) is 4.99. The van der Waals surface area contributed by atoms with Gasteiger partial charge in [-0.1, -0.05) is 0 Å². The molecule has 0 saturated carbocycles. The van der Waals surface area contributed by atoms with Crippen LogP contribution in [0.4, 0.5) is 10.1 Å². The number of carbonyl (C=O) groups is 2. The lowest BCUT2D eigenvalue weighted by Gasteiger charge is -2.38. The molecule has 1 aliphatic heterocycles. The highest BCUT2D eigenvalue weighted by atomic mass is 19.1. The first-order valence-electron chi connectivity index (χ1n) is 6.49. The molecule has 1 N–H and O–H groups in total. The van der Waals surface area contributed by atoms with Gasteiger partial charge in [0.05, 0.1) is 0 Å². The third kappa shape index (κ3) is 3.33. The third-order valence-corrected chi connectivity index (χ3v) is 3.40. The van der Waals surface area contributed by atoms with Gasteiger partial charge in [0.15, 0.2) is 0 Å². The van der Waals surface area contributed by atoms with Gasteiger partial charge in [-0.25, -0.2) is 4.39 Å². The summed E-state index contributed by atoms with van der Waals surface area (Å²) in [4.78, 5) is 27.5. The Balaban J connectivity index is 2.08. The predicted octanol–water partition coefficient (Wildman–Crippen LogP) is 0.927. The molecule has 0 aromatic heterocycles.